The van der Waals surface area contributed by atoms with E-state index in [4.69, 9.17) is 0 Å². The predicted molar refractivity (Wildman–Crippen MR) is 88.6 cm³/mol. The second-order valence-corrected chi connectivity index (χ2v) is 5.03. The third-order valence-corrected chi connectivity index (χ3v) is 3.45. The molecule has 0 bridgehead atoms. The molecule has 4 heterocycles. The highest BCUT2D eigenvalue weighted by Crippen LogP contribution is 2.14. The van der Waals surface area contributed by atoms with Gasteiger partial charge >= 0.3 is 0 Å². The van der Waals surface area contributed by atoms with Gasteiger partial charge in [0, 0.05) is 36.9 Å². The fraction of sp³-hybridized carbons (Fsp3) is 0. The molecule has 122 valence electrons. The molecule has 0 unspecified atom stereocenters. The highest BCUT2D eigenvalue weighted by Gasteiger charge is 2.19. The van der Waals surface area contributed by atoms with Crippen LogP contribution in [0.5, 0.6) is 0 Å². The van der Waals surface area contributed by atoms with E-state index in [1.54, 1.807) is 24.4 Å². The normalized spacial score (nSPS) is 10.7. The molecule has 0 spiro atoms. The molecule has 1 amide bonds. The van der Waals surface area contributed by atoms with E-state index in [1.165, 1.54) is 46.1 Å². The molecule has 0 aliphatic rings. The zero-order chi connectivity index (χ0) is 17.2. The number of nitrogens with one attached hydrogen (secondary N) is 1. The van der Waals surface area contributed by atoms with Crippen molar-refractivity contribution >= 4 is 17.4 Å². The van der Waals surface area contributed by atoms with Crippen molar-refractivity contribution < 1.29 is 4.79 Å². The van der Waals surface area contributed by atoms with E-state index in [0.717, 1.165) is 0 Å². The van der Waals surface area contributed by atoms with Gasteiger partial charge in [0.25, 0.3) is 11.5 Å². The molecular formula is C16H11N7O2. The van der Waals surface area contributed by atoms with Gasteiger partial charge in [0.15, 0.2) is 17.3 Å². The molecule has 4 aromatic rings. The van der Waals surface area contributed by atoms with Crippen LogP contribution in [0.25, 0.3) is 11.5 Å². The summed E-state index contributed by atoms with van der Waals surface area (Å²) in [5.74, 6) is 0.249. The summed E-state index contributed by atoms with van der Waals surface area (Å²) < 4.78 is 2.70. The van der Waals surface area contributed by atoms with Crippen molar-refractivity contribution in [2.24, 2.45) is 0 Å². The molecule has 4 aromatic heterocycles. The van der Waals surface area contributed by atoms with Crippen LogP contribution < -0.4 is 10.9 Å². The van der Waals surface area contributed by atoms with Crippen LogP contribution in [0.1, 0.15) is 10.5 Å². The lowest BCUT2D eigenvalue weighted by Gasteiger charge is -2.09. The minimum absolute atomic E-state index is 0.195. The largest absolute Gasteiger partial charge is 0.304 e. The summed E-state index contributed by atoms with van der Waals surface area (Å²) in [4.78, 5) is 41.3. The van der Waals surface area contributed by atoms with Crippen molar-refractivity contribution in [2.45, 2.75) is 0 Å². The third kappa shape index (κ3) is 2.63. The Morgan fingerprint density at radius 1 is 1.00 bits per heavy atom. The monoisotopic (exact) mass is 333 g/mol. The van der Waals surface area contributed by atoms with Crippen LogP contribution in [-0.2, 0) is 0 Å². The minimum Gasteiger partial charge on any atom is -0.304 e. The van der Waals surface area contributed by atoms with Crippen LogP contribution >= 0.6 is 0 Å². The zero-order valence-electron chi connectivity index (χ0n) is 12.8. The van der Waals surface area contributed by atoms with Gasteiger partial charge in [0.2, 0.25) is 0 Å². The van der Waals surface area contributed by atoms with E-state index in [9.17, 15) is 9.59 Å². The quantitative estimate of drug-likeness (QED) is 0.597. The number of fused-ring (bicyclic) bond motifs is 1. The second kappa shape index (κ2) is 5.96. The molecule has 1 N–H and O–H groups in total. The van der Waals surface area contributed by atoms with Gasteiger partial charge in [-0.3, -0.25) is 14.6 Å². The molecule has 0 aliphatic heterocycles. The minimum atomic E-state index is -0.462. The summed E-state index contributed by atoms with van der Waals surface area (Å²) in [6.07, 6.45) is 7.37. The smallest absolute Gasteiger partial charge is 0.275 e. The van der Waals surface area contributed by atoms with E-state index in [2.05, 4.69) is 25.3 Å². The molecule has 0 saturated carbocycles. The summed E-state index contributed by atoms with van der Waals surface area (Å²) in [6, 6.07) is 8.03. The van der Waals surface area contributed by atoms with Crippen LogP contribution in [0.3, 0.4) is 0 Å². The molecule has 0 aliphatic carbocycles. The molecule has 0 saturated heterocycles. The first-order valence-electron chi connectivity index (χ1n) is 7.32. The standard InChI is InChI=1S/C16H11N7O2/c24-15-4-6-20-14-9-11(16(25)21-12-10-17-7-8-18-12)22(23(14)15)13-3-1-2-5-19-13/h1-10H,(H,18,21,25). The van der Waals surface area contributed by atoms with Crippen LogP contribution in [-0.4, -0.2) is 35.0 Å². The number of carbonyl (C=O) groups excluding carboxylic acids is 1. The summed E-state index contributed by atoms with van der Waals surface area (Å²) in [7, 11) is 0. The Hall–Kier alpha value is -3.88. The molecule has 4 rings (SSSR count). The topological polar surface area (TPSA) is 107 Å². The Balaban J connectivity index is 1.90. The van der Waals surface area contributed by atoms with Gasteiger partial charge in [-0.25, -0.2) is 19.6 Å². The number of aromatic nitrogens is 6. The van der Waals surface area contributed by atoms with Crippen molar-refractivity contribution in [3.63, 3.8) is 0 Å². The van der Waals surface area contributed by atoms with E-state index < -0.39 is 5.91 Å². The SMILES string of the molecule is O=C(Nc1cnccn1)c1cc2nccc(=O)n2n1-c1ccccn1. The summed E-state index contributed by atoms with van der Waals surface area (Å²) in [5.41, 5.74) is 0.205. The molecule has 0 atom stereocenters. The third-order valence-electron chi connectivity index (χ3n) is 3.45. The highest BCUT2D eigenvalue weighted by molar-refractivity contribution is 6.03. The summed E-state index contributed by atoms with van der Waals surface area (Å²) in [5, 5.41) is 2.64. The molecule has 25 heavy (non-hydrogen) atoms. The van der Waals surface area contributed by atoms with Crippen LogP contribution in [0, 0.1) is 0 Å². The number of hydrogen-bond acceptors (Lipinski definition) is 6. The predicted octanol–water partition coefficient (Wildman–Crippen LogP) is 0.922. The first-order chi connectivity index (χ1) is 12.2. The lowest BCUT2D eigenvalue weighted by Crippen LogP contribution is -2.24. The van der Waals surface area contributed by atoms with Crippen LogP contribution in [0.15, 0.2) is 66.1 Å². The Kier molecular flexibility index (Phi) is 3.51. The number of anilines is 1. The van der Waals surface area contributed by atoms with E-state index in [0.29, 0.717) is 17.3 Å². The molecule has 9 nitrogen and oxygen atoms in total. The number of amides is 1. The fourth-order valence-corrected chi connectivity index (χ4v) is 2.42. The summed E-state index contributed by atoms with van der Waals surface area (Å²) >= 11 is 0. The molecule has 0 radical (unpaired) electrons. The highest BCUT2D eigenvalue weighted by atomic mass is 16.2. The van der Waals surface area contributed by atoms with E-state index >= 15 is 0 Å². The van der Waals surface area contributed by atoms with Crippen molar-refractivity contribution in [3.05, 3.63) is 77.4 Å². The maximum absolute atomic E-state index is 12.7. The summed E-state index contributed by atoms with van der Waals surface area (Å²) in [6.45, 7) is 0. The van der Waals surface area contributed by atoms with Gasteiger partial charge in [-0.05, 0) is 12.1 Å². The van der Waals surface area contributed by atoms with Crippen LogP contribution in [0.2, 0.25) is 0 Å². The second-order valence-electron chi connectivity index (χ2n) is 5.03. The van der Waals surface area contributed by atoms with Crippen molar-refractivity contribution in [1.82, 2.24) is 29.1 Å². The Morgan fingerprint density at radius 3 is 2.68 bits per heavy atom. The zero-order valence-corrected chi connectivity index (χ0v) is 12.8. The van der Waals surface area contributed by atoms with Crippen molar-refractivity contribution in [2.75, 3.05) is 5.32 Å². The number of nitrogens with zero attached hydrogens (tertiary/aromatic N) is 6. The van der Waals surface area contributed by atoms with Gasteiger partial charge in [-0.1, -0.05) is 6.07 Å². The van der Waals surface area contributed by atoms with Gasteiger partial charge in [0.1, 0.15) is 5.69 Å². The molecule has 0 aromatic carbocycles. The Labute approximate surface area is 140 Å². The Bertz CT molecular complexity index is 1100. The molecular weight excluding hydrogens is 322 g/mol. The lowest BCUT2D eigenvalue weighted by atomic mass is 10.3. The van der Waals surface area contributed by atoms with Crippen molar-refractivity contribution in [1.29, 1.82) is 0 Å². The van der Waals surface area contributed by atoms with Gasteiger partial charge < -0.3 is 5.32 Å². The number of hydrogen-bond donors (Lipinski definition) is 1. The average Bonchev–Trinajstić information content (AvgIpc) is 3.04. The van der Waals surface area contributed by atoms with E-state index in [-0.39, 0.29) is 11.3 Å². The lowest BCUT2D eigenvalue weighted by molar-refractivity contribution is 0.101. The van der Waals surface area contributed by atoms with Gasteiger partial charge in [-0.15, -0.1) is 0 Å². The first-order valence-corrected chi connectivity index (χ1v) is 7.32. The van der Waals surface area contributed by atoms with E-state index in [1.807, 2.05) is 0 Å². The molecule has 0 fully saturated rings. The maximum atomic E-state index is 12.7. The first kappa shape index (κ1) is 14.7. The van der Waals surface area contributed by atoms with Crippen LogP contribution in [0.4, 0.5) is 5.82 Å². The molecule has 9 heteroatoms. The average molecular weight is 333 g/mol. The number of carbonyl (C=O) groups is 1. The number of rotatable bonds is 3. The van der Waals surface area contributed by atoms with Gasteiger partial charge in [-0.2, -0.15) is 4.52 Å². The van der Waals surface area contributed by atoms with Crippen molar-refractivity contribution in [3.8, 4) is 5.82 Å². The van der Waals surface area contributed by atoms with Gasteiger partial charge in [0.05, 0.1) is 6.20 Å². The maximum Gasteiger partial charge on any atom is 0.275 e. The fourth-order valence-electron chi connectivity index (χ4n) is 2.42. The number of pyridine rings is 1. The Morgan fingerprint density at radius 2 is 1.92 bits per heavy atom.